The molecule has 0 bridgehead atoms. The van der Waals surface area contributed by atoms with Crippen molar-refractivity contribution in [3.63, 3.8) is 0 Å². The van der Waals surface area contributed by atoms with E-state index in [4.69, 9.17) is 32.7 Å². The second kappa shape index (κ2) is 7.33. The van der Waals surface area contributed by atoms with Crippen molar-refractivity contribution in [3.05, 3.63) is 55.1 Å². The molecule has 0 radical (unpaired) electrons. The van der Waals surface area contributed by atoms with Gasteiger partial charge in [-0.05, 0) is 46.9 Å². The Kier molecular flexibility index (Phi) is 5.72. The van der Waals surface area contributed by atoms with Crippen molar-refractivity contribution in [1.29, 1.82) is 0 Å². The Labute approximate surface area is 146 Å². The van der Waals surface area contributed by atoms with Gasteiger partial charge in [0.05, 0.1) is 10.7 Å². The molecular formula is C15H11Cl2IO3. The fourth-order valence-electron chi connectivity index (χ4n) is 1.76. The molecule has 6 heteroatoms. The second-order valence-electron chi connectivity index (χ2n) is 4.14. The quantitative estimate of drug-likeness (QED) is 0.488. The average molecular weight is 437 g/mol. The summed E-state index contributed by atoms with van der Waals surface area (Å²) in [7, 11) is 1.52. The number of carbonyl (C=O) groups is 1. The predicted octanol–water partition coefficient (Wildman–Crippen LogP) is 5.00. The number of aldehydes is 1. The van der Waals surface area contributed by atoms with Crippen LogP contribution in [0.1, 0.15) is 15.9 Å². The fourth-order valence-corrected chi connectivity index (χ4v) is 3.05. The molecule has 0 unspecified atom stereocenters. The third kappa shape index (κ3) is 3.81. The van der Waals surface area contributed by atoms with Gasteiger partial charge in [-0.1, -0.05) is 29.3 Å². The van der Waals surface area contributed by atoms with E-state index in [9.17, 15) is 4.79 Å². The zero-order chi connectivity index (χ0) is 15.4. The van der Waals surface area contributed by atoms with Gasteiger partial charge in [-0.15, -0.1) is 0 Å². The number of hydrogen-bond donors (Lipinski definition) is 0. The van der Waals surface area contributed by atoms with Crippen LogP contribution in [0.15, 0.2) is 30.3 Å². The Morgan fingerprint density at radius 3 is 2.48 bits per heavy atom. The Morgan fingerprint density at radius 1 is 1.24 bits per heavy atom. The molecule has 0 aromatic heterocycles. The molecule has 0 amide bonds. The van der Waals surface area contributed by atoms with Gasteiger partial charge in [-0.2, -0.15) is 0 Å². The number of ether oxygens (including phenoxy) is 2. The lowest BCUT2D eigenvalue weighted by Crippen LogP contribution is -2.01. The predicted molar refractivity (Wildman–Crippen MR) is 91.9 cm³/mol. The number of halogens is 3. The lowest BCUT2D eigenvalue weighted by molar-refractivity contribution is 0.112. The van der Waals surface area contributed by atoms with Crippen LogP contribution in [0.5, 0.6) is 11.5 Å². The van der Waals surface area contributed by atoms with Crippen LogP contribution in [0.25, 0.3) is 0 Å². The summed E-state index contributed by atoms with van der Waals surface area (Å²) in [5.74, 6) is 1.05. The van der Waals surface area contributed by atoms with Crippen LogP contribution in [0.3, 0.4) is 0 Å². The molecular weight excluding hydrogens is 426 g/mol. The Bertz CT molecular complexity index is 654. The number of benzene rings is 2. The SMILES string of the molecule is COc1cc(C=O)cc(I)c1OCc1c(Cl)cccc1Cl. The summed E-state index contributed by atoms with van der Waals surface area (Å²) in [6.07, 6.45) is 0.763. The average Bonchev–Trinajstić information content (AvgIpc) is 2.47. The zero-order valence-corrected chi connectivity index (χ0v) is 14.7. The highest BCUT2D eigenvalue weighted by atomic mass is 127. The van der Waals surface area contributed by atoms with Crippen molar-refractivity contribution in [3.8, 4) is 11.5 Å². The van der Waals surface area contributed by atoms with Crippen molar-refractivity contribution in [2.45, 2.75) is 6.61 Å². The maximum atomic E-state index is 10.9. The zero-order valence-electron chi connectivity index (χ0n) is 11.0. The molecule has 0 saturated heterocycles. The summed E-state index contributed by atoms with van der Waals surface area (Å²) in [6, 6.07) is 8.63. The topological polar surface area (TPSA) is 35.5 Å². The van der Waals surface area contributed by atoms with Gasteiger partial charge in [-0.3, -0.25) is 4.79 Å². The van der Waals surface area contributed by atoms with E-state index in [1.54, 1.807) is 30.3 Å². The van der Waals surface area contributed by atoms with Gasteiger partial charge in [0.25, 0.3) is 0 Å². The van der Waals surface area contributed by atoms with E-state index >= 15 is 0 Å². The first-order chi connectivity index (χ1) is 10.1. The largest absolute Gasteiger partial charge is 0.493 e. The minimum absolute atomic E-state index is 0.214. The summed E-state index contributed by atoms with van der Waals surface area (Å²) in [4.78, 5) is 10.9. The molecule has 0 atom stereocenters. The van der Waals surface area contributed by atoms with E-state index in [0.29, 0.717) is 32.7 Å². The van der Waals surface area contributed by atoms with Crippen LogP contribution < -0.4 is 9.47 Å². The molecule has 21 heavy (non-hydrogen) atoms. The maximum absolute atomic E-state index is 10.9. The minimum Gasteiger partial charge on any atom is -0.493 e. The van der Waals surface area contributed by atoms with Gasteiger partial charge in [-0.25, -0.2) is 0 Å². The summed E-state index contributed by atoms with van der Waals surface area (Å²) >= 11 is 14.3. The monoisotopic (exact) mass is 436 g/mol. The highest BCUT2D eigenvalue weighted by Gasteiger charge is 2.13. The van der Waals surface area contributed by atoms with Crippen molar-refractivity contribution < 1.29 is 14.3 Å². The van der Waals surface area contributed by atoms with Crippen LogP contribution in [0, 0.1) is 3.57 Å². The minimum atomic E-state index is 0.214. The van der Waals surface area contributed by atoms with Crippen LogP contribution in [0.2, 0.25) is 10.0 Å². The molecule has 2 rings (SSSR count). The molecule has 0 aliphatic carbocycles. The van der Waals surface area contributed by atoms with E-state index in [2.05, 4.69) is 22.6 Å². The van der Waals surface area contributed by atoms with Crippen LogP contribution in [0.4, 0.5) is 0 Å². The molecule has 2 aromatic rings. The second-order valence-corrected chi connectivity index (χ2v) is 6.12. The number of rotatable bonds is 5. The number of carbonyl (C=O) groups excluding carboxylic acids is 1. The number of hydrogen-bond acceptors (Lipinski definition) is 3. The molecule has 0 aliphatic heterocycles. The third-order valence-electron chi connectivity index (χ3n) is 2.81. The normalized spacial score (nSPS) is 10.3. The molecule has 3 nitrogen and oxygen atoms in total. The molecule has 0 saturated carbocycles. The van der Waals surface area contributed by atoms with E-state index in [0.717, 1.165) is 9.86 Å². The molecule has 0 aliphatic rings. The summed E-state index contributed by atoms with van der Waals surface area (Å²) in [6.45, 7) is 0.214. The van der Waals surface area contributed by atoms with Gasteiger partial charge in [0.2, 0.25) is 0 Å². The first-order valence-electron chi connectivity index (χ1n) is 5.95. The Balaban J connectivity index is 2.30. The Morgan fingerprint density at radius 2 is 1.90 bits per heavy atom. The van der Waals surface area contributed by atoms with E-state index in [1.807, 2.05) is 0 Å². The van der Waals surface area contributed by atoms with Crippen LogP contribution >= 0.6 is 45.8 Å². The highest BCUT2D eigenvalue weighted by molar-refractivity contribution is 14.1. The van der Waals surface area contributed by atoms with Crippen molar-refractivity contribution in [2.75, 3.05) is 7.11 Å². The Hall–Kier alpha value is -0.980. The standard InChI is InChI=1S/C15H11Cl2IO3/c1-20-14-6-9(7-19)5-13(18)15(14)21-8-10-11(16)3-2-4-12(10)17/h2-7H,8H2,1H3. The van der Waals surface area contributed by atoms with Crippen molar-refractivity contribution >= 4 is 52.1 Å². The smallest absolute Gasteiger partial charge is 0.175 e. The third-order valence-corrected chi connectivity index (χ3v) is 4.32. The molecule has 0 spiro atoms. The summed E-state index contributed by atoms with van der Waals surface area (Å²) < 4.78 is 11.8. The molecule has 2 aromatic carbocycles. The molecule has 0 N–H and O–H groups in total. The van der Waals surface area contributed by atoms with Gasteiger partial charge in [0.1, 0.15) is 12.9 Å². The van der Waals surface area contributed by atoms with Gasteiger partial charge >= 0.3 is 0 Å². The fraction of sp³-hybridized carbons (Fsp3) is 0.133. The van der Waals surface area contributed by atoms with Gasteiger partial charge in [0, 0.05) is 21.2 Å². The van der Waals surface area contributed by atoms with Gasteiger partial charge in [0.15, 0.2) is 11.5 Å². The maximum Gasteiger partial charge on any atom is 0.175 e. The van der Waals surface area contributed by atoms with E-state index in [1.165, 1.54) is 7.11 Å². The van der Waals surface area contributed by atoms with Crippen LogP contribution in [-0.2, 0) is 6.61 Å². The molecule has 0 heterocycles. The van der Waals surface area contributed by atoms with Crippen molar-refractivity contribution in [1.82, 2.24) is 0 Å². The number of methoxy groups -OCH3 is 1. The van der Waals surface area contributed by atoms with Crippen LogP contribution in [-0.4, -0.2) is 13.4 Å². The molecule has 110 valence electrons. The first kappa shape index (κ1) is 16.4. The van der Waals surface area contributed by atoms with E-state index < -0.39 is 0 Å². The summed E-state index contributed by atoms with van der Waals surface area (Å²) in [5, 5.41) is 1.09. The first-order valence-corrected chi connectivity index (χ1v) is 7.78. The molecule has 0 fully saturated rings. The van der Waals surface area contributed by atoms with Crippen molar-refractivity contribution in [2.24, 2.45) is 0 Å². The van der Waals surface area contributed by atoms with Gasteiger partial charge < -0.3 is 9.47 Å². The lowest BCUT2D eigenvalue weighted by atomic mass is 10.2. The van der Waals surface area contributed by atoms with E-state index in [-0.39, 0.29) is 6.61 Å². The lowest BCUT2D eigenvalue weighted by Gasteiger charge is -2.14. The summed E-state index contributed by atoms with van der Waals surface area (Å²) in [5.41, 5.74) is 1.23. The highest BCUT2D eigenvalue weighted by Crippen LogP contribution is 2.35.